The Kier molecular flexibility index (Phi) is 5.18. The molecule has 0 aliphatic heterocycles. The topological polar surface area (TPSA) is 53.4 Å². The highest BCUT2D eigenvalue weighted by molar-refractivity contribution is 7.13. The van der Waals surface area contributed by atoms with Gasteiger partial charge in [-0.1, -0.05) is 42.0 Å². The lowest BCUT2D eigenvalue weighted by Gasteiger charge is -2.09. The molecule has 6 heteroatoms. The number of ether oxygens (including phenoxy) is 2. The number of hydrogen-bond donors (Lipinski definition) is 0. The third-order valence-electron chi connectivity index (χ3n) is 4.68. The number of aromatic nitrogens is 2. The van der Waals surface area contributed by atoms with Crippen molar-refractivity contribution in [2.24, 2.45) is 0 Å². The SMILES string of the molecule is CO/C=C(/C(=O)OC)n1ccc2ccc(-c3csc(-c4ccc(C)cc4)n3)cc21. The number of esters is 1. The number of carbonyl (C=O) groups is 1. The Balaban J connectivity index is 1.75. The highest BCUT2D eigenvalue weighted by Gasteiger charge is 2.16. The van der Waals surface area contributed by atoms with E-state index in [1.54, 1.807) is 15.9 Å². The number of rotatable bonds is 5. The van der Waals surface area contributed by atoms with Crippen LogP contribution in [0.5, 0.6) is 0 Å². The Morgan fingerprint density at radius 1 is 1.07 bits per heavy atom. The van der Waals surface area contributed by atoms with Crippen molar-refractivity contribution >= 4 is 33.9 Å². The lowest BCUT2D eigenvalue weighted by atomic mass is 10.1. The molecule has 0 aliphatic rings. The van der Waals surface area contributed by atoms with E-state index in [9.17, 15) is 4.79 Å². The van der Waals surface area contributed by atoms with Gasteiger partial charge < -0.3 is 14.0 Å². The zero-order valence-corrected chi connectivity index (χ0v) is 17.2. The number of aryl methyl sites for hydroxylation is 1. The van der Waals surface area contributed by atoms with Gasteiger partial charge in [0.2, 0.25) is 0 Å². The summed E-state index contributed by atoms with van der Waals surface area (Å²) in [6, 6.07) is 16.4. The van der Waals surface area contributed by atoms with Crippen molar-refractivity contribution in [2.75, 3.05) is 14.2 Å². The molecule has 0 aliphatic carbocycles. The van der Waals surface area contributed by atoms with Gasteiger partial charge in [-0.2, -0.15) is 0 Å². The fourth-order valence-electron chi connectivity index (χ4n) is 3.15. The van der Waals surface area contributed by atoms with Gasteiger partial charge in [-0.05, 0) is 24.4 Å². The summed E-state index contributed by atoms with van der Waals surface area (Å²) < 4.78 is 11.7. The van der Waals surface area contributed by atoms with Gasteiger partial charge in [0.05, 0.1) is 25.4 Å². The van der Waals surface area contributed by atoms with Crippen molar-refractivity contribution < 1.29 is 14.3 Å². The van der Waals surface area contributed by atoms with E-state index in [1.807, 2.05) is 30.5 Å². The van der Waals surface area contributed by atoms with Crippen LogP contribution in [0.3, 0.4) is 0 Å². The highest BCUT2D eigenvalue weighted by atomic mass is 32.1. The van der Waals surface area contributed by atoms with E-state index in [1.165, 1.54) is 26.0 Å². The van der Waals surface area contributed by atoms with Crippen LogP contribution in [-0.4, -0.2) is 29.7 Å². The molecular weight excluding hydrogens is 384 g/mol. The number of thiazole rings is 1. The Bertz CT molecular complexity index is 1200. The molecule has 5 nitrogen and oxygen atoms in total. The van der Waals surface area contributed by atoms with Crippen molar-refractivity contribution in [3.63, 3.8) is 0 Å². The average molecular weight is 404 g/mol. The lowest BCUT2D eigenvalue weighted by Crippen LogP contribution is -2.10. The van der Waals surface area contributed by atoms with Crippen molar-refractivity contribution in [3.8, 4) is 21.8 Å². The van der Waals surface area contributed by atoms with Crippen LogP contribution in [0.4, 0.5) is 0 Å². The number of benzene rings is 2. The number of carbonyl (C=O) groups excluding carboxylic acids is 1. The first kappa shape index (κ1) is 19.0. The lowest BCUT2D eigenvalue weighted by molar-refractivity contribution is -0.134. The van der Waals surface area contributed by atoms with Crippen LogP contribution in [-0.2, 0) is 14.3 Å². The van der Waals surface area contributed by atoms with Crippen LogP contribution in [0.2, 0.25) is 0 Å². The van der Waals surface area contributed by atoms with Gasteiger partial charge in [0.1, 0.15) is 11.3 Å². The largest absolute Gasteiger partial charge is 0.502 e. The smallest absolute Gasteiger partial charge is 0.358 e. The first-order chi connectivity index (χ1) is 14.1. The maximum Gasteiger partial charge on any atom is 0.358 e. The monoisotopic (exact) mass is 404 g/mol. The number of hydrogen-bond acceptors (Lipinski definition) is 5. The molecule has 2 aromatic carbocycles. The van der Waals surface area contributed by atoms with Gasteiger partial charge >= 0.3 is 5.97 Å². The summed E-state index contributed by atoms with van der Waals surface area (Å²) >= 11 is 1.61. The number of methoxy groups -OCH3 is 2. The molecule has 146 valence electrons. The summed E-state index contributed by atoms with van der Waals surface area (Å²) in [7, 11) is 2.85. The Labute approximate surface area is 172 Å². The van der Waals surface area contributed by atoms with Crippen LogP contribution in [0.1, 0.15) is 5.56 Å². The first-order valence-electron chi connectivity index (χ1n) is 9.06. The van der Waals surface area contributed by atoms with Crippen molar-refractivity contribution in [1.82, 2.24) is 9.55 Å². The van der Waals surface area contributed by atoms with E-state index in [2.05, 4.69) is 36.6 Å². The third-order valence-corrected chi connectivity index (χ3v) is 5.57. The first-order valence-corrected chi connectivity index (χ1v) is 9.94. The number of fused-ring (bicyclic) bond motifs is 1. The van der Waals surface area contributed by atoms with Crippen LogP contribution >= 0.6 is 11.3 Å². The molecule has 0 bridgehead atoms. The average Bonchev–Trinajstić information content (AvgIpc) is 3.39. The maximum atomic E-state index is 12.2. The van der Waals surface area contributed by atoms with Gasteiger partial charge in [0.15, 0.2) is 5.70 Å². The Hall–Kier alpha value is -3.38. The quantitative estimate of drug-likeness (QED) is 0.255. The van der Waals surface area contributed by atoms with Crippen LogP contribution in [0.15, 0.2) is 66.4 Å². The molecular formula is C23H20N2O3S. The molecule has 0 saturated heterocycles. The summed E-state index contributed by atoms with van der Waals surface area (Å²) in [6.45, 7) is 2.07. The second-order valence-corrected chi connectivity index (χ2v) is 7.45. The summed E-state index contributed by atoms with van der Waals surface area (Å²) in [6.07, 6.45) is 3.21. The highest BCUT2D eigenvalue weighted by Crippen LogP contribution is 2.31. The molecule has 0 saturated carbocycles. The standard InChI is InChI=1S/C23H20N2O3S/c1-15-4-6-17(7-5-15)22-24-19(14-29-22)18-9-8-16-10-11-25(20(16)12-18)21(13-27-2)23(26)28-3/h4-14H,1-3H3/b21-13-. The minimum Gasteiger partial charge on any atom is -0.502 e. The van der Waals surface area contributed by atoms with Gasteiger partial charge in [0.25, 0.3) is 0 Å². The fourth-order valence-corrected chi connectivity index (χ4v) is 3.99. The van der Waals surface area contributed by atoms with Gasteiger partial charge in [-0.15, -0.1) is 11.3 Å². The molecule has 2 heterocycles. The summed E-state index contributed by atoms with van der Waals surface area (Å²) in [5, 5.41) is 4.04. The molecule has 0 unspecified atom stereocenters. The van der Waals surface area contributed by atoms with Crippen LogP contribution in [0, 0.1) is 6.92 Å². The molecule has 0 radical (unpaired) electrons. The maximum absolute atomic E-state index is 12.2. The van der Waals surface area contributed by atoms with E-state index < -0.39 is 5.97 Å². The molecule has 4 rings (SSSR count). The molecule has 0 fully saturated rings. The van der Waals surface area contributed by atoms with Crippen molar-refractivity contribution in [3.05, 3.63) is 71.9 Å². The van der Waals surface area contributed by atoms with Crippen LogP contribution < -0.4 is 0 Å². The molecule has 0 spiro atoms. The van der Waals surface area contributed by atoms with Gasteiger partial charge in [-0.25, -0.2) is 9.78 Å². The predicted octanol–water partition coefficient (Wildman–Crippen LogP) is 5.36. The summed E-state index contributed by atoms with van der Waals surface area (Å²) in [4.78, 5) is 17.0. The third kappa shape index (κ3) is 3.67. The second-order valence-electron chi connectivity index (χ2n) is 6.59. The Morgan fingerprint density at radius 3 is 2.55 bits per heavy atom. The Morgan fingerprint density at radius 2 is 1.83 bits per heavy atom. The molecule has 4 aromatic rings. The van der Waals surface area contributed by atoms with E-state index in [-0.39, 0.29) is 0 Å². The second kappa shape index (κ2) is 7.93. The molecule has 0 atom stereocenters. The van der Waals surface area contributed by atoms with E-state index >= 15 is 0 Å². The number of nitrogens with zero attached hydrogens (tertiary/aromatic N) is 2. The van der Waals surface area contributed by atoms with E-state index in [0.717, 1.165) is 32.7 Å². The normalized spacial score (nSPS) is 11.6. The summed E-state index contributed by atoms with van der Waals surface area (Å²) in [5.41, 5.74) is 5.39. The van der Waals surface area contributed by atoms with Crippen molar-refractivity contribution in [2.45, 2.75) is 6.92 Å². The fraction of sp³-hybridized carbons (Fsp3) is 0.130. The summed E-state index contributed by atoms with van der Waals surface area (Å²) in [5.74, 6) is -0.468. The van der Waals surface area contributed by atoms with Crippen molar-refractivity contribution in [1.29, 1.82) is 0 Å². The van der Waals surface area contributed by atoms with Gasteiger partial charge in [0, 0.05) is 22.7 Å². The molecule has 0 amide bonds. The zero-order chi connectivity index (χ0) is 20.4. The van der Waals surface area contributed by atoms with Gasteiger partial charge in [-0.3, -0.25) is 0 Å². The minimum absolute atomic E-state index is 0.306. The molecule has 2 aromatic heterocycles. The zero-order valence-electron chi connectivity index (χ0n) is 16.4. The minimum atomic E-state index is -0.468. The van der Waals surface area contributed by atoms with Crippen LogP contribution in [0.25, 0.3) is 38.4 Å². The molecule has 29 heavy (non-hydrogen) atoms. The van der Waals surface area contributed by atoms with E-state index in [4.69, 9.17) is 14.5 Å². The molecule has 0 N–H and O–H groups in total. The van der Waals surface area contributed by atoms with E-state index in [0.29, 0.717) is 5.70 Å². The predicted molar refractivity (Wildman–Crippen MR) is 117 cm³/mol.